The van der Waals surface area contributed by atoms with Gasteiger partial charge in [0.05, 0.1) is 0 Å². The van der Waals surface area contributed by atoms with Crippen molar-refractivity contribution in [3.05, 3.63) is 28.8 Å². The molecule has 0 fully saturated rings. The second kappa shape index (κ2) is 6.16. The second-order valence-electron chi connectivity index (χ2n) is 2.84. The molecule has 0 aliphatic heterocycles. The summed E-state index contributed by atoms with van der Waals surface area (Å²) in [7, 11) is 1.50. The number of rotatable bonds is 2. The van der Waals surface area contributed by atoms with Crippen molar-refractivity contribution in [2.75, 3.05) is 7.05 Å². The lowest BCUT2D eigenvalue weighted by Crippen LogP contribution is -1.94. The Morgan fingerprint density at radius 2 is 1.71 bits per heavy atom. The molecular weight excluding hydrogens is 178 g/mol. The van der Waals surface area contributed by atoms with Gasteiger partial charge < -0.3 is 10.5 Å². The highest BCUT2D eigenvalue weighted by molar-refractivity contribution is 5.50. The Morgan fingerprint density at radius 1 is 1.14 bits per heavy atom. The molecule has 1 rings (SSSR count). The number of nitrogens with two attached hydrogens (primary N) is 1. The van der Waals surface area contributed by atoms with Gasteiger partial charge in [-0.2, -0.15) is 0 Å². The Bertz CT molecular complexity index is 308. The van der Waals surface area contributed by atoms with Crippen LogP contribution < -0.4 is 10.5 Å². The van der Waals surface area contributed by atoms with Crippen LogP contribution in [0.3, 0.4) is 0 Å². The van der Waals surface area contributed by atoms with E-state index in [2.05, 4.69) is 5.73 Å². The van der Waals surface area contributed by atoms with E-state index >= 15 is 0 Å². The Kier molecular flexibility index (Phi) is 5.56. The fraction of sp³-hybridized carbons (Fsp3) is 0.364. The Balaban J connectivity index is 0.000000791. The SMILES string of the molecule is CN.Cc1ccc(OC=O)c(C)c1C. The monoisotopic (exact) mass is 195 g/mol. The van der Waals surface area contributed by atoms with Crippen LogP contribution in [-0.4, -0.2) is 13.5 Å². The van der Waals surface area contributed by atoms with Crippen molar-refractivity contribution in [2.24, 2.45) is 5.73 Å². The third kappa shape index (κ3) is 2.85. The molecule has 0 amide bonds. The molecule has 0 heterocycles. The van der Waals surface area contributed by atoms with Gasteiger partial charge in [0.25, 0.3) is 6.47 Å². The predicted molar refractivity (Wildman–Crippen MR) is 57.5 cm³/mol. The lowest BCUT2D eigenvalue weighted by molar-refractivity contribution is -0.120. The van der Waals surface area contributed by atoms with Crippen LogP contribution in [0.15, 0.2) is 12.1 Å². The molecule has 3 nitrogen and oxygen atoms in total. The summed E-state index contributed by atoms with van der Waals surface area (Å²) in [5.74, 6) is 0.646. The van der Waals surface area contributed by atoms with Crippen molar-refractivity contribution in [1.29, 1.82) is 0 Å². The first-order chi connectivity index (χ1) is 6.66. The van der Waals surface area contributed by atoms with Crippen molar-refractivity contribution in [1.82, 2.24) is 0 Å². The minimum absolute atomic E-state index is 0.455. The van der Waals surface area contributed by atoms with Crippen LogP contribution >= 0.6 is 0 Å². The van der Waals surface area contributed by atoms with E-state index in [1.165, 1.54) is 18.2 Å². The van der Waals surface area contributed by atoms with Gasteiger partial charge >= 0.3 is 0 Å². The number of hydrogen-bond acceptors (Lipinski definition) is 3. The van der Waals surface area contributed by atoms with Gasteiger partial charge in [0, 0.05) is 0 Å². The second-order valence-corrected chi connectivity index (χ2v) is 2.84. The van der Waals surface area contributed by atoms with Crippen LogP contribution in [0, 0.1) is 20.8 Å². The first kappa shape index (κ1) is 12.7. The van der Waals surface area contributed by atoms with Crippen LogP contribution in [0.25, 0.3) is 0 Å². The molecule has 1 aromatic carbocycles. The van der Waals surface area contributed by atoms with Gasteiger partial charge in [0.15, 0.2) is 0 Å². The average Bonchev–Trinajstić information content (AvgIpc) is 2.22. The van der Waals surface area contributed by atoms with Crippen LogP contribution in [0.5, 0.6) is 5.75 Å². The number of ether oxygens (including phenoxy) is 1. The lowest BCUT2D eigenvalue weighted by atomic mass is 10.0. The standard InChI is InChI=1S/C10H12O2.CH5N/c1-7-4-5-10(12-6-11)9(3)8(7)2;1-2/h4-6H,1-3H3;2H2,1H3. The number of aryl methyl sites for hydroxylation is 1. The molecule has 0 bridgehead atoms. The molecule has 0 aromatic heterocycles. The Morgan fingerprint density at radius 3 is 2.21 bits per heavy atom. The van der Waals surface area contributed by atoms with E-state index in [-0.39, 0.29) is 0 Å². The third-order valence-electron chi connectivity index (χ3n) is 2.18. The molecule has 1 aromatic rings. The van der Waals surface area contributed by atoms with Crippen molar-refractivity contribution in [2.45, 2.75) is 20.8 Å². The fourth-order valence-electron chi connectivity index (χ4n) is 1.11. The number of carbonyl (C=O) groups excluding carboxylic acids is 1. The molecule has 0 atom stereocenters. The summed E-state index contributed by atoms with van der Waals surface area (Å²) in [6.07, 6.45) is 0. The predicted octanol–water partition coefficient (Wildman–Crippen LogP) is 1.72. The molecule has 3 heteroatoms. The summed E-state index contributed by atoms with van der Waals surface area (Å²) < 4.78 is 4.79. The van der Waals surface area contributed by atoms with Crippen LogP contribution in [0.2, 0.25) is 0 Å². The molecular formula is C11H17NO2. The van der Waals surface area contributed by atoms with E-state index in [4.69, 9.17) is 4.74 Å². The molecule has 0 saturated heterocycles. The molecule has 0 saturated carbocycles. The largest absolute Gasteiger partial charge is 0.428 e. The molecule has 0 aliphatic carbocycles. The zero-order chi connectivity index (χ0) is 11.1. The van der Waals surface area contributed by atoms with E-state index in [0.29, 0.717) is 12.2 Å². The highest BCUT2D eigenvalue weighted by Gasteiger charge is 2.03. The lowest BCUT2D eigenvalue weighted by Gasteiger charge is -2.07. The van der Waals surface area contributed by atoms with E-state index in [1.54, 1.807) is 0 Å². The van der Waals surface area contributed by atoms with E-state index < -0.39 is 0 Å². The Labute approximate surface area is 84.9 Å². The molecule has 78 valence electrons. The maximum atomic E-state index is 10.1. The topological polar surface area (TPSA) is 52.3 Å². The zero-order valence-electron chi connectivity index (χ0n) is 9.13. The van der Waals surface area contributed by atoms with E-state index in [0.717, 1.165) is 5.56 Å². The number of hydrogen-bond donors (Lipinski definition) is 1. The van der Waals surface area contributed by atoms with Crippen LogP contribution in [-0.2, 0) is 4.79 Å². The molecule has 0 radical (unpaired) electrons. The van der Waals surface area contributed by atoms with Crippen LogP contribution in [0.1, 0.15) is 16.7 Å². The van der Waals surface area contributed by atoms with Gasteiger partial charge in [0.2, 0.25) is 0 Å². The highest BCUT2D eigenvalue weighted by atomic mass is 16.5. The van der Waals surface area contributed by atoms with E-state index in [9.17, 15) is 4.79 Å². The summed E-state index contributed by atoms with van der Waals surface area (Å²) in [6, 6.07) is 3.76. The molecule has 0 unspecified atom stereocenters. The molecule has 2 N–H and O–H groups in total. The van der Waals surface area contributed by atoms with Gasteiger partial charge in [-0.25, -0.2) is 0 Å². The molecule has 0 spiro atoms. The van der Waals surface area contributed by atoms with Crippen molar-refractivity contribution >= 4 is 6.47 Å². The van der Waals surface area contributed by atoms with Crippen molar-refractivity contribution < 1.29 is 9.53 Å². The Hall–Kier alpha value is -1.35. The van der Waals surface area contributed by atoms with Gasteiger partial charge in [-0.15, -0.1) is 0 Å². The fourth-order valence-corrected chi connectivity index (χ4v) is 1.11. The zero-order valence-corrected chi connectivity index (χ0v) is 9.13. The third-order valence-corrected chi connectivity index (χ3v) is 2.18. The summed E-state index contributed by atoms with van der Waals surface area (Å²) >= 11 is 0. The van der Waals surface area contributed by atoms with Gasteiger partial charge in [-0.05, 0) is 50.6 Å². The quantitative estimate of drug-likeness (QED) is 0.731. The highest BCUT2D eigenvalue weighted by Crippen LogP contribution is 2.22. The molecule has 14 heavy (non-hydrogen) atoms. The van der Waals surface area contributed by atoms with Gasteiger partial charge in [0.1, 0.15) is 5.75 Å². The number of carbonyl (C=O) groups is 1. The number of benzene rings is 1. The average molecular weight is 195 g/mol. The first-order valence-corrected chi connectivity index (χ1v) is 4.41. The maximum absolute atomic E-state index is 10.1. The summed E-state index contributed by atoms with van der Waals surface area (Å²) in [6.45, 7) is 6.45. The maximum Gasteiger partial charge on any atom is 0.298 e. The first-order valence-electron chi connectivity index (χ1n) is 4.41. The molecule has 0 aliphatic rings. The minimum atomic E-state index is 0.455. The van der Waals surface area contributed by atoms with Crippen LogP contribution in [0.4, 0.5) is 0 Å². The summed E-state index contributed by atoms with van der Waals surface area (Å²) in [5, 5.41) is 0. The summed E-state index contributed by atoms with van der Waals surface area (Å²) in [4.78, 5) is 10.1. The normalized spacial score (nSPS) is 8.64. The van der Waals surface area contributed by atoms with E-state index in [1.807, 2.05) is 32.9 Å². The smallest absolute Gasteiger partial charge is 0.298 e. The van der Waals surface area contributed by atoms with Gasteiger partial charge in [-0.3, -0.25) is 4.79 Å². The summed E-state index contributed by atoms with van der Waals surface area (Å²) in [5.41, 5.74) is 7.92. The van der Waals surface area contributed by atoms with Gasteiger partial charge in [-0.1, -0.05) is 6.07 Å². The minimum Gasteiger partial charge on any atom is -0.428 e. The van der Waals surface area contributed by atoms with Crippen molar-refractivity contribution in [3.63, 3.8) is 0 Å². The van der Waals surface area contributed by atoms with Crippen molar-refractivity contribution in [3.8, 4) is 5.75 Å².